The van der Waals surface area contributed by atoms with E-state index in [-0.39, 0.29) is 26.2 Å². The molecule has 14 heteroatoms. The maximum atomic E-state index is 11.9. The van der Waals surface area contributed by atoms with E-state index in [0.717, 1.165) is 5.56 Å². The second kappa shape index (κ2) is 16.3. The Morgan fingerprint density at radius 3 is 1.51 bits per heavy atom. The summed E-state index contributed by atoms with van der Waals surface area (Å²) in [4.78, 5) is 13.2. The van der Waals surface area contributed by atoms with Gasteiger partial charge in [-0.05, 0) is 31.9 Å². The molecule has 11 N–H and O–H groups in total. The van der Waals surface area contributed by atoms with E-state index in [4.69, 9.17) is 14.9 Å². The third-order valence-corrected chi connectivity index (χ3v) is 5.81. The summed E-state index contributed by atoms with van der Waals surface area (Å²) in [7, 11) is 0. The lowest BCUT2D eigenvalue weighted by Crippen LogP contribution is -2.53. The van der Waals surface area contributed by atoms with E-state index in [2.05, 4.69) is 5.32 Å². The van der Waals surface area contributed by atoms with Gasteiger partial charge in [-0.25, -0.2) is 4.79 Å². The molecule has 1 aromatic rings. The summed E-state index contributed by atoms with van der Waals surface area (Å²) in [5, 5.41) is 101. The molecule has 0 fully saturated rings. The molecule has 14 nitrogen and oxygen atoms in total. The maximum absolute atomic E-state index is 11.9. The molecule has 0 bridgehead atoms. The van der Waals surface area contributed by atoms with Crippen LogP contribution < -0.4 is 5.32 Å². The molecule has 0 aliphatic heterocycles. The van der Waals surface area contributed by atoms with Crippen LogP contribution in [-0.4, -0.2) is 143 Å². The maximum Gasteiger partial charge on any atom is 0.407 e. The van der Waals surface area contributed by atoms with Gasteiger partial charge in [0.05, 0.1) is 25.4 Å². The minimum absolute atomic E-state index is 0.0324. The zero-order valence-electron chi connectivity index (χ0n) is 22.4. The molecule has 0 aliphatic rings. The fourth-order valence-electron chi connectivity index (χ4n) is 3.58. The van der Waals surface area contributed by atoms with E-state index < -0.39 is 73.7 Å². The number of aliphatic hydroxyl groups is 10. The molecule has 1 rings (SSSR count). The predicted molar refractivity (Wildman–Crippen MR) is 137 cm³/mol. The standard InChI is InChI=1S/C25H44N2O12/c1-25(2,3)39-24(38)26-8-14-4-6-15(7-5-14)9-27(10-16(30)20(34)22(36)18(32)12-28)11-17(31)21(35)23(37)19(33)13-29/h4-7,16-23,28-37H,8-13H2,1-3H3,(H,26,38)/t16-,17-,18+,19+,20+,21+,22+,23+/m0/s1. The zero-order chi connectivity index (χ0) is 29.9. The summed E-state index contributed by atoms with van der Waals surface area (Å²) in [5.74, 6) is 0. The van der Waals surface area contributed by atoms with Gasteiger partial charge in [0, 0.05) is 26.2 Å². The van der Waals surface area contributed by atoms with Gasteiger partial charge in [0.25, 0.3) is 0 Å². The fourth-order valence-corrected chi connectivity index (χ4v) is 3.58. The van der Waals surface area contributed by atoms with Crippen LogP contribution in [0.4, 0.5) is 4.79 Å². The normalized spacial score (nSPS) is 18.5. The Hall–Kier alpha value is -1.95. The summed E-state index contributed by atoms with van der Waals surface area (Å²) in [6.45, 7) is 2.94. The second-order valence-electron chi connectivity index (χ2n) is 10.5. The Balaban J connectivity index is 2.97. The molecule has 1 aromatic carbocycles. The molecule has 0 aromatic heterocycles. The lowest BCUT2D eigenvalue weighted by atomic mass is 10.0. The summed E-state index contributed by atoms with van der Waals surface area (Å²) in [6, 6.07) is 6.81. The first-order valence-electron chi connectivity index (χ1n) is 12.5. The first-order valence-corrected chi connectivity index (χ1v) is 12.5. The van der Waals surface area contributed by atoms with Gasteiger partial charge < -0.3 is 61.1 Å². The highest BCUT2D eigenvalue weighted by atomic mass is 16.6. The first-order chi connectivity index (χ1) is 18.1. The number of amides is 1. The SMILES string of the molecule is CC(C)(C)OC(=O)NCc1ccc(CN(C[C@H](O)[C@@H](O)[C@H](O)[C@H](O)CO)C[C@H](O)[C@@H](O)[C@H](O)[C@H](O)CO)cc1. The zero-order valence-corrected chi connectivity index (χ0v) is 22.4. The van der Waals surface area contributed by atoms with Crippen LogP contribution in [0.5, 0.6) is 0 Å². The number of nitrogens with one attached hydrogen (secondary N) is 1. The van der Waals surface area contributed by atoms with Crippen LogP contribution in [0.2, 0.25) is 0 Å². The topological polar surface area (TPSA) is 244 Å². The van der Waals surface area contributed by atoms with Crippen LogP contribution in [0.25, 0.3) is 0 Å². The number of hydrogen-bond acceptors (Lipinski definition) is 13. The molecule has 0 unspecified atom stereocenters. The predicted octanol–water partition coefficient (Wildman–Crippen LogP) is -3.61. The summed E-state index contributed by atoms with van der Waals surface area (Å²) >= 11 is 0. The second-order valence-corrected chi connectivity index (χ2v) is 10.5. The number of alkyl carbamates (subject to hydrolysis) is 1. The van der Waals surface area contributed by atoms with Gasteiger partial charge in [-0.2, -0.15) is 0 Å². The lowest BCUT2D eigenvalue weighted by Gasteiger charge is -2.33. The van der Waals surface area contributed by atoms with Gasteiger partial charge >= 0.3 is 6.09 Å². The summed E-state index contributed by atoms with van der Waals surface area (Å²) in [5.41, 5.74) is 0.738. The monoisotopic (exact) mass is 564 g/mol. The highest BCUT2D eigenvalue weighted by Gasteiger charge is 2.34. The Bertz CT molecular complexity index is 807. The summed E-state index contributed by atoms with van der Waals surface area (Å²) < 4.78 is 5.19. The van der Waals surface area contributed by atoms with Crippen molar-refractivity contribution in [3.63, 3.8) is 0 Å². The smallest absolute Gasteiger partial charge is 0.407 e. The van der Waals surface area contributed by atoms with E-state index in [1.54, 1.807) is 45.0 Å². The van der Waals surface area contributed by atoms with Crippen molar-refractivity contribution in [2.45, 2.75) is 88.3 Å². The molecular weight excluding hydrogens is 520 g/mol. The lowest BCUT2D eigenvalue weighted by molar-refractivity contribution is -0.131. The number of aliphatic hydroxyl groups excluding tert-OH is 10. The van der Waals surface area contributed by atoms with Gasteiger partial charge in [-0.15, -0.1) is 0 Å². The molecule has 0 heterocycles. The van der Waals surface area contributed by atoms with Crippen LogP contribution in [0.3, 0.4) is 0 Å². The van der Waals surface area contributed by atoms with Crippen LogP contribution in [-0.2, 0) is 17.8 Å². The summed E-state index contributed by atoms with van der Waals surface area (Å²) in [6.07, 6.45) is -14.9. The molecule has 0 spiro atoms. The number of rotatable bonds is 16. The van der Waals surface area contributed by atoms with Crippen molar-refractivity contribution in [2.24, 2.45) is 0 Å². The van der Waals surface area contributed by atoms with Gasteiger partial charge in [-0.3, -0.25) is 4.90 Å². The number of benzene rings is 1. The van der Waals surface area contributed by atoms with Gasteiger partial charge in [0.15, 0.2) is 0 Å². The van der Waals surface area contributed by atoms with Crippen LogP contribution in [0.15, 0.2) is 24.3 Å². The van der Waals surface area contributed by atoms with Crippen molar-refractivity contribution in [1.29, 1.82) is 0 Å². The molecule has 0 radical (unpaired) electrons. The Morgan fingerprint density at radius 2 is 1.13 bits per heavy atom. The number of nitrogens with zero attached hydrogens (tertiary/aromatic N) is 1. The quantitative estimate of drug-likeness (QED) is 0.0930. The minimum atomic E-state index is -1.88. The Kier molecular flexibility index (Phi) is 14.7. The van der Waals surface area contributed by atoms with Crippen molar-refractivity contribution in [1.82, 2.24) is 10.2 Å². The Labute approximate surface area is 227 Å². The van der Waals surface area contributed by atoms with E-state index in [9.17, 15) is 45.6 Å². The molecule has 39 heavy (non-hydrogen) atoms. The van der Waals surface area contributed by atoms with Crippen LogP contribution >= 0.6 is 0 Å². The number of carbonyl (C=O) groups excluding carboxylic acids is 1. The number of hydrogen-bond donors (Lipinski definition) is 11. The van der Waals surface area contributed by atoms with Crippen molar-refractivity contribution in [3.8, 4) is 0 Å². The van der Waals surface area contributed by atoms with Crippen molar-refractivity contribution in [3.05, 3.63) is 35.4 Å². The van der Waals surface area contributed by atoms with Crippen LogP contribution in [0, 0.1) is 0 Å². The third-order valence-electron chi connectivity index (χ3n) is 5.81. The highest BCUT2D eigenvalue weighted by Crippen LogP contribution is 2.15. The average Bonchev–Trinajstić information content (AvgIpc) is 2.88. The van der Waals surface area contributed by atoms with Gasteiger partial charge in [0.1, 0.15) is 42.2 Å². The third kappa shape index (κ3) is 12.4. The highest BCUT2D eigenvalue weighted by molar-refractivity contribution is 5.67. The molecule has 0 saturated carbocycles. The van der Waals surface area contributed by atoms with E-state index in [1.807, 2.05) is 0 Å². The molecule has 8 atom stereocenters. The van der Waals surface area contributed by atoms with Gasteiger partial charge in [0.2, 0.25) is 0 Å². The molecule has 0 aliphatic carbocycles. The molecular formula is C25H44N2O12. The molecule has 0 saturated heterocycles. The fraction of sp³-hybridized carbons (Fsp3) is 0.720. The molecule has 1 amide bonds. The van der Waals surface area contributed by atoms with E-state index >= 15 is 0 Å². The van der Waals surface area contributed by atoms with Crippen molar-refractivity contribution in [2.75, 3.05) is 26.3 Å². The number of ether oxygens (including phenoxy) is 1. The van der Waals surface area contributed by atoms with Crippen LogP contribution in [0.1, 0.15) is 31.9 Å². The Morgan fingerprint density at radius 1 is 0.744 bits per heavy atom. The number of carbonyl (C=O) groups is 1. The van der Waals surface area contributed by atoms with E-state index in [0.29, 0.717) is 5.56 Å². The van der Waals surface area contributed by atoms with Crippen molar-refractivity contribution < 1.29 is 60.6 Å². The largest absolute Gasteiger partial charge is 0.444 e. The molecule has 226 valence electrons. The van der Waals surface area contributed by atoms with E-state index in [1.165, 1.54) is 4.90 Å². The minimum Gasteiger partial charge on any atom is -0.444 e. The van der Waals surface area contributed by atoms with Crippen molar-refractivity contribution >= 4 is 6.09 Å². The first kappa shape index (κ1) is 35.1. The average molecular weight is 565 g/mol. The van der Waals surface area contributed by atoms with Gasteiger partial charge in [-0.1, -0.05) is 24.3 Å².